The molecule has 20 heavy (non-hydrogen) atoms. The minimum Gasteiger partial charge on any atom is -0.444 e. The topological polar surface area (TPSA) is 81.2 Å². The number of nitrogens with two attached hydrogens (primary N) is 1. The lowest BCUT2D eigenvalue weighted by molar-refractivity contribution is -0.121. The fourth-order valence-corrected chi connectivity index (χ4v) is 1.90. The molecule has 0 aliphatic rings. The summed E-state index contributed by atoms with van der Waals surface area (Å²) >= 11 is 0. The molecule has 0 spiro atoms. The van der Waals surface area contributed by atoms with Crippen LogP contribution < -0.4 is 11.1 Å². The van der Waals surface area contributed by atoms with E-state index in [1.807, 2.05) is 38.1 Å². The second-order valence-electron chi connectivity index (χ2n) is 4.76. The lowest BCUT2D eigenvalue weighted by Crippen LogP contribution is -2.50. The summed E-state index contributed by atoms with van der Waals surface area (Å²) in [4.78, 5) is 16.0. The molecule has 1 heterocycles. The van der Waals surface area contributed by atoms with Crippen LogP contribution in [0.4, 0.5) is 5.69 Å². The highest BCUT2D eigenvalue weighted by Crippen LogP contribution is 2.22. The standard InChI is InChI=1S/C15H19N3O2/c1-3-15(16,4-2)14(19)18-12-7-5-11(6-8-12)13-9-17-10-20-13/h5-10H,3-4,16H2,1-2H3,(H,18,19). The maximum Gasteiger partial charge on any atom is 0.244 e. The second-order valence-corrected chi connectivity index (χ2v) is 4.76. The molecule has 0 bridgehead atoms. The Balaban J connectivity index is 2.10. The quantitative estimate of drug-likeness (QED) is 0.877. The van der Waals surface area contributed by atoms with Crippen LogP contribution in [0.15, 0.2) is 41.3 Å². The van der Waals surface area contributed by atoms with Crippen LogP contribution in [0.3, 0.4) is 0 Å². The summed E-state index contributed by atoms with van der Waals surface area (Å²) in [6.45, 7) is 3.83. The van der Waals surface area contributed by atoms with Gasteiger partial charge in [-0.2, -0.15) is 0 Å². The zero-order valence-corrected chi connectivity index (χ0v) is 11.7. The Morgan fingerprint density at radius 1 is 1.30 bits per heavy atom. The summed E-state index contributed by atoms with van der Waals surface area (Å²) in [6.07, 6.45) is 4.24. The van der Waals surface area contributed by atoms with Gasteiger partial charge < -0.3 is 15.5 Å². The number of benzene rings is 1. The normalized spacial score (nSPS) is 11.3. The van der Waals surface area contributed by atoms with Crippen LogP contribution in [0, 0.1) is 0 Å². The van der Waals surface area contributed by atoms with Crippen LogP contribution in [0.5, 0.6) is 0 Å². The Morgan fingerprint density at radius 3 is 2.45 bits per heavy atom. The molecule has 1 amide bonds. The molecule has 0 fully saturated rings. The Bertz CT molecular complexity index is 557. The minimum atomic E-state index is -0.816. The largest absolute Gasteiger partial charge is 0.444 e. The van der Waals surface area contributed by atoms with E-state index in [2.05, 4.69) is 10.3 Å². The smallest absolute Gasteiger partial charge is 0.244 e. The number of nitrogens with one attached hydrogen (secondary N) is 1. The van der Waals surface area contributed by atoms with Crippen LogP contribution >= 0.6 is 0 Å². The van der Waals surface area contributed by atoms with Gasteiger partial charge >= 0.3 is 0 Å². The van der Waals surface area contributed by atoms with Gasteiger partial charge in [-0.1, -0.05) is 13.8 Å². The van der Waals surface area contributed by atoms with Crippen molar-refractivity contribution in [1.29, 1.82) is 0 Å². The first-order chi connectivity index (χ1) is 9.59. The first kappa shape index (κ1) is 14.3. The number of hydrogen-bond acceptors (Lipinski definition) is 4. The molecule has 0 radical (unpaired) electrons. The number of rotatable bonds is 5. The van der Waals surface area contributed by atoms with Gasteiger partial charge in [0.25, 0.3) is 0 Å². The Labute approximate surface area is 118 Å². The molecule has 106 valence electrons. The van der Waals surface area contributed by atoms with E-state index in [4.69, 9.17) is 10.2 Å². The highest BCUT2D eigenvalue weighted by Gasteiger charge is 2.29. The Kier molecular flexibility index (Phi) is 4.20. The van der Waals surface area contributed by atoms with Gasteiger partial charge in [0.1, 0.15) is 0 Å². The number of aromatic nitrogens is 1. The summed E-state index contributed by atoms with van der Waals surface area (Å²) in [5, 5.41) is 2.85. The van der Waals surface area contributed by atoms with Crippen LogP contribution in [0.25, 0.3) is 11.3 Å². The van der Waals surface area contributed by atoms with Gasteiger partial charge in [0.15, 0.2) is 12.2 Å². The molecule has 0 aliphatic carbocycles. The van der Waals surface area contributed by atoms with E-state index >= 15 is 0 Å². The zero-order valence-electron chi connectivity index (χ0n) is 11.7. The Hall–Kier alpha value is -2.14. The monoisotopic (exact) mass is 273 g/mol. The van der Waals surface area contributed by atoms with Crippen LogP contribution in [0.1, 0.15) is 26.7 Å². The molecule has 2 rings (SSSR count). The van der Waals surface area contributed by atoms with Gasteiger partial charge in [-0.15, -0.1) is 0 Å². The molecule has 0 atom stereocenters. The minimum absolute atomic E-state index is 0.157. The van der Waals surface area contributed by atoms with Crippen LogP contribution in [-0.4, -0.2) is 16.4 Å². The van der Waals surface area contributed by atoms with E-state index < -0.39 is 5.54 Å². The first-order valence-corrected chi connectivity index (χ1v) is 6.68. The molecular formula is C15H19N3O2. The molecule has 3 N–H and O–H groups in total. The van der Waals surface area contributed by atoms with E-state index in [1.165, 1.54) is 6.39 Å². The number of oxazole rings is 1. The predicted octanol–water partition coefficient (Wildman–Crippen LogP) is 2.80. The molecule has 0 saturated carbocycles. The zero-order chi connectivity index (χ0) is 14.6. The van der Waals surface area contributed by atoms with Gasteiger partial charge in [0, 0.05) is 11.3 Å². The number of hydrogen-bond donors (Lipinski definition) is 2. The number of anilines is 1. The van der Waals surface area contributed by atoms with Crippen molar-refractivity contribution in [1.82, 2.24) is 4.98 Å². The molecule has 2 aromatic rings. The van der Waals surface area contributed by atoms with E-state index in [-0.39, 0.29) is 5.91 Å². The fraction of sp³-hybridized carbons (Fsp3) is 0.333. The van der Waals surface area contributed by atoms with Crippen molar-refractivity contribution in [3.8, 4) is 11.3 Å². The van der Waals surface area contributed by atoms with Crippen LogP contribution in [-0.2, 0) is 4.79 Å². The van der Waals surface area contributed by atoms with Gasteiger partial charge in [-0.25, -0.2) is 4.98 Å². The van der Waals surface area contributed by atoms with Crippen molar-refractivity contribution in [2.45, 2.75) is 32.2 Å². The maximum atomic E-state index is 12.1. The first-order valence-electron chi connectivity index (χ1n) is 6.68. The molecule has 0 saturated heterocycles. The Morgan fingerprint density at radius 2 is 1.95 bits per heavy atom. The molecule has 1 aromatic carbocycles. The molecule has 5 nitrogen and oxygen atoms in total. The number of amides is 1. The van der Waals surface area contributed by atoms with E-state index in [1.54, 1.807) is 6.20 Å². The maximum absolute atomic E-state index is 12.1. The third-order valence-corrected chi connectivity index (χ3v) is 3.57. The number of carbonyl (C=O) groups excluding carboxylic acids is 1. The van der Waals surface area contributed by atoms with Gasteiger partial charge in [0.2, 0.25) is 5.91 Å². The van der Waals surface area contributed by atoms with E-state index in [9.17, 15) is 4.79 Å². The summed E-state index contributed by atoms with van der Waals surface area (Å²) in [5.41, 5.74) is 6.87. The SMILES string of the molecule is CCC(N)(CC)C(=O)Nc1ccc(-c2cnco2)cc1. The highest BCUT2D eigenvalue weighted by atomic mass is 16.3. The summed E-state index contributed by atoms with van der Waals surface area (Å²) < 4.78 is 5.21. The second kappa shape index (κ2) is 5.88. The van der Waals surface area contributed by atoms with Crippen molar-refractivity contribution in [3.63, 3.8) is 0 Å². The van der Waals surface area contributed by atoms with Crippen molar-refractivity contribution >= 4 is 11.6 Å². The van der Waals surface area contributed by atoms with Crippen molar-refractivity contribution < 1.29 is 9.21 Å². The van der Waals surface area contributed by atoms with Crippen molar-refractivity contribution in [3.05, 3.63) is 36.9 Å². The average molecular weight is 273 g/mol. The average Bonchev–Trinajstić information content (AvgIpc) is 3.01. The van der Waals surface area contributed by atoms with Crippen LogP contribution in [0.2, 0.25) is 0 Å². The lowest BCUT2D eigenvalue weighted by Gasteiger charge is -2.25. The third kappa shape index (κ3) is 2.88. The fourth-order valence-electron chi connectivity index (χ4n) is 1.90. The number of nitrogens with zero attached hydrogens (tertiary/aromatic N) is 1. The lowest BCUT2D eigenvalue weighted by atomic mass is 9.93. The van der Waals surface area contributed by atoms with E-state index in [0.29, 0.717) is 18.6 Å². The van der Waals surface area contributed by atoms with Crippen molar-refractivity contribution in [2.75, 3.05) is 5.32 Å². The van der Waals surface area contributed by atoms with Gasteiger partial charge in [-0.05, 0) is 37.1 Å². The van der Waals surface area contributed by atoms with Gasteiger partial charge in [0.05, 0.1) is 11.7 Å². The molecule has 5 heteroatoms. The summed E-state index contributed by atoms with van der Waals surface area (Å²) in [6, 6.07) is 7.38. The summed E-state index contributed by atoms with van der Waals surface area (Å²) in [7, 11) is 0. The van der Waals surface area contributed by atoms with Gasteiger partial charge in [-0.3, -0.25) is 4.79 Å². The molecule has 1 aromatic heterocycles. The highest BCUT2D eigenvalue weighted by molar-refractivity contribution is 5.98. The molecule has 0 aliphatic heterocycles. The predicted molar refractivity (Wildman–Crippen MR) is 78.1 cm³/mol. The summed E-state index contributed by atoms with van der Waals surface area (Å²) in [5.74, 6) is 0.535. The molecule has 0 unspecified atom stereocenters. The van der Waals surface area contributed by atoms with Crippen molar-refractivity contribution in [2.24, 2.45) is 5.73 Å². The van der Waals surface area contributed by atoms with E-state index in [0.717, 1.165) is 11.3 Å². The third-order valence-electron chi connectivity index (χ3n) is 3.57. The number of carbonyl (C=O) groups is 1. The molecular weight excluding hydrogens is 254 g/mol.